The number of ether oxygens (including phenoxy) is 1. The third-order valence-electron chi connectivity index (χ3n) is 3.25. The smallest absolute Gasteiger partial charge is 0.206 e. The lowest BCUT2D eigenvalue weighted by Gasteiger charge is -2.05. The van der Waals surface area contributed by atoms with Crippen molar-refractivity contribution in [2.24, 2.45) is 7.05 Å². The number of carbonyl (C=O) groups is 1. The minimum Gasteiger partial charge on any atom is -0.484 e. The number of nitrogens with zero attached hydrogens (tertiary/aromatic N) is 2. The standard InChI is InChI=1S/C18H15BrN2O3/c1-21-11-10-16(20-21)17(22)9-8-13-6-7-14(24-13)12-23-18-5-3-2-4-15(18)19/h2-11H,12H2,1H3/b9-8+. The van der Waals surface area contributed by atoms with Gasteiger partial charge in [-0.1, -0.05) is 12.1 Å². The second-order valence-corrected chi connectivity index (χ2v) is 5.95. The van der Waals surface area contributed by atoms with Gasteiger partial charge < -0.3 is 9.15 Å². The van der Waals surface area contributed by atoms with Crippen LogP contribution in [0.4, 0.5) is 0 Å². The molecular weight excluding hydrogens is 372 g/mol. The average molecular weight is 387 g/mol. The highest BCUT2D eigenvalue weighted by atomic mass is 79.9. The molecule has 0 amide bonds. The van der Waals surface area contributed by atoms with Crippen LogP contribution in [0.1, 0.15) is 22.0 Å². The van der Waals surface area contributed by atoms with E-state index in [1.807, 2.05) is 30.3 Å². The van der Waals surface area contributed by atoms with Gasteiger partial charge in [0.1, 0.15) is 29.6 Å². The number of aryl methyl sites for hydroxylation is 1. The van der Waals surface area contributed by atoms with Gasteiger partial charge in [0.15, 0.2) is 0 Å². The van der Waals surface area contributed by atoms with Gasteiger partial charge in [-0.15, -0.1) is 0 Å². The quantitative estimate of drug-likeness (QED) is 0.469. The maximum atomic E-state index is 12.0. The lowest BCUT2D eigenvalue weighted by Crippen LogP contribution is -1.97. The summed E-state index contributed by atoms with van der Waals surface area (Å²) in [6.45, 7) is 0.310. The normalized spacial score (nSPS) is 11.1. The van der Waals surface area contributed by atoms with Gasteiger partial charge in [0.2, 0.25) is 5.78 Å². The fraction of sp³-hybridized carbons (Fsp3) is 0.111. The molecule has 0 aliphatic carbocycles. The van der Waals surface area contributed by atoms with E-state index in [-0.39, 0.29) is 5.78 Å². The summed E-state index contributed by atoms with van der Waals surface area (Å²) in [6, 6.07) is 12.9. The second-order valence-electron chi connectivity index (χ2n) is 5.10. The van der Waals surface area contributed by atoms with Gasteiger partial charge in [-0.05, 0) is 58.4 Å². The van der Waals surface area contributed by atoms with E-state index in [1.54, 1.807) is 36.1 Å². The van der Waals surface area contributed by atoms with Crippen molar-refractivity contribution < 1.29 is 13.9 Å². The first kappa shape index (κ1) is 16.3. The number of carbonyl (C=O) groups excluding carboxylic acids is 1. The van der Waals surface area contributed by atoms with E-state index < -0.39 is 0 Å². The summed E-state index contributed by atoms with van der Waals surface area (Å²) in [7, 11) is 1.77. The van der Waals surface area contributed by atoms with Crippen LogP contribution in [-0.2, 0) is 13.7 Å². The Bertz CT molecular complexity index is 880. The zero-order valence-corrected chi connectivity index (χ0v) is 14.6. The molecule has 2 heterocycles. The molecular formula is C18H15BrN2O3. The summed E-state index contributed by atoms with van der Waals surface area (Å²) in [5.74, 6) is 1.84. The zero-order chi connectivity index (χ0) is 16.9. The average Bonchev–Trinajstić information content (AvgIpc) is 3.21. The maximum Gasteiger partial charge on any atom is 0.206 e. The number of para-hydroxylation sites is 1. The highest BCUT2D eigenvalue weighted by Crippen LogP contribution is 2.25. The number of allylic oxidation sites excluding steroid dienone is 1. The van der Waals surface area contributed by atoms with E-state index in [2.05, 4.69) is 21.0 Å². The summed E-state index contributed by atoms with van der Waals surface area (Å²) in [4.78, 5) is 12.0. The predicted octanol–water partition coefficient (Wildman–Crippen LogP) is 4.25. The highest BCUT2D eigenvalue weighted by molar-refractivity contribution is 9.10. The third-order valence-corrected chi connectivity index (χ3v) is 3.91. The van der Waals surface area contributed by atoms with Crippen LogP contribution >= 0.6 is 15.9 Å². The molecule has 0 N–H and O–H groups in total. The largest absolute Gasteiger partial charge is 0.484 e. The molecule has 6 heteroatoms. The molecule has 5 nitrogen and oxygen atoms in total. The van der Waals surface area contributed by atoms with E-state index in [4.69, 9.17) is 9.15 Å². The molecule has 0 saturated heterocycles. The van der Waals surface area contributed by atoms with Gasteiger partial charge in [-0.2, -0.15) is 5.10 Å². The lowest BCUT2D eigenvalue weighted by molar-refractivity contribution is 0.104. The highest BCUT2D eigenvalue weighted by Gasteiger charge is 2.06. The van der Waals surface area contributed by atoms with Crippen molar-refractivity contribution in [2.45, 2.75) is 6.61 Å². The summed E-state index contributed by atoms with van der Waals surface area (Å²) < 4.78 is 13.8. The molecule has 122 valence electrons. The Hall–Kier alpha value is -2.60. The van der Waals surface area contributed by atoms with Crippen molar-refractivity contribution in [2.75, 3.05) is 0 Å². The Labute approximate surface area is 147 Å². The molecule has 0 aliphatic heterocycles. The maximum absolute atomic E-state index is 12.0. The van der Waals surface area contributed by atoms with Crippen molar-refractivity contribution in [3.63, 3.8) is 0 Å². The summed E-state index contributed by atoms with van der Waals surface area (Å²) >= 11 is 3.43. The molecule has 0 atom stereocenters. The molecule has 0 bridgehead atoms. The van der Waals surface area contributed by atoms with Gasteiger partial charge in [-0.3, -0.25) is 9.48 Å². The number of rotatable bonds is 6. The fourth-order valence-corrected chi connectivity index (χ4v) is 2.46. The van der Waals surface area contributed by atoms with Crippen molar-refractivity contribution >= 4 is 27.8 Å². The molecule has 0 aliphatic rings. The van der Waals surface area contributed by atoms with Crippen LogP contribution in [0.5, 0.6) is 5.75 Å². The zero-order valence-electron chi connectivity index (χ0n) is 13.0. The van der Waals surface area contributed by atoms with Crippen molar-refractivity contribution in [1.82, 2.24) is 9.78 Å². The molecule has 3 aromatic rings. The first-order valence-corrected chi connectivity index (χ1v) is 8.09. The van der Waals surface area contributed by atoms with E-state index in [0.717, 1.165) is 10.2 Å². The third kappa shape index (κ3) is 4.02. The topological polar surface area (TPSA) is 57.3 Å². The Morgan fingerprint density at radius 2 is 2.12 bits per heavy atom. The van der Waals surface area contributed by atoms with Crippen molar-refractivity contribution in [1.29, 1.82) is 0 Å². The van der Waals surface area contributed by atoms with Crippen LogP contribution in [0.15, 0.2) is 63.6 Å². The van der Waals surface area contributed by atoms with Gasteiger partial charge in [0.25, 0.3) is 0 Å². The second kappa shape index (κ2) is 7.31. The minimum absolute atomic E-state index is 0.169. The SMILES string of the molecule is Cn1ccc(C(=O)/C=C/c2ccc(COc3ccccc3Br)o2)n1. The van der Waals surface area contributed by atoms with E-state index in [9.17, 15) is 4.79 Å². The van der Waals surface area contributed by atoms with Gasteiger partial charge >= 0.3 is 0 Å². The minimum atomic E-state index is -0.169. The number of ketones is 1. The van der Waals surface area contributed by atoms with Crippen LogP contribution in [-0.4, -0.2) is 15.6 Å². The van der Waals surface area contributed by atoms with E-state index in [1.165, 1.54) is 6.08 Å². The molecule has 2 aromatic heterocycles. The Balaban J connectivity index is 1.60. The predicted molar refractivity (Wildman–Crippen MR) is 93.8 cm³/mol. The first-order valence-electron chi connectivity index (χ1n) is 7.30. The lowest BCUT2D eigenvalue weighted by atomic mass is 10.2. The molecule has 0 unspecified atom stereocenters. The molecule has 24 heavy (non-hydrogen) atoms. The number of hydrogen-bond acceptors (Lipinski definition) is 4. The number of furan rings is 1. The number of hydrogen-bond donors (Lipinski definition) is 0. The molecule has 0 spiro atoms. The summed E-state index contributed by atoms with van der Waals surface area (Å²) in [6.07, 6.45) is 4.80. The van der Waals surface area contributed by atoms with Crippen molar-refractivity contribution in [3.8, 4) is 5.75 Å². The monoisotopic (exact) mass is 386 g/mol. The Morgan fingerprint density at radius 1 is 1.29 bits per heavy atom. The number of aromatic nitrogens is 2. The van der Waals surface area contributed by atoms with Gasteiger partial charge in [0.05, 0.1) is 4.47 Å². The Kier molecular flexibility index (Phi) is 4.96. The fourth-order valence-electron chi connectivity index (χ4n) is 2.06. The van der Waals surface area contributed by atoms with Crippen LogP contribution in [0.2, 0.25) is 0 Å². The van der Waals surface area contributed by atoms with Gasteiger partial charge in [-0.25, -0.2) is 0 Å². The van der Waals surface area contributed by atoms with Crippen LogP contribution in [0.25, 0.3) is 6.08 Å². The molecule has 0 saturated carbocycles. The first-order chi connectivity index (χ1) is 11.6. The van der Waals surface area contributed by atoms with E-state index >= 15 is 0 Å². The Morgan fingerprint density at radius 3 is 2.88 bits per heavy atom. The molecule has 3 rings (SSSR count). The van der Waals surface area contributed by atoms with E-state index in [0.29, 0.717) is 23.8 Å². The van der Waals surface area contributed by atoms with Crippen LogP contribution in [0.3, 0.4) is 0 Å². The van der Waals surface area contributed by atoms with Gasteiger partial charge in [0, 0.05) is 13.2 Å². The van der Waals surface area contributed by atoms with Crippen LogP contribution < -0.4 is 4.74 Å². The van der Waals surface area contributed by atoms with Crippen molar-refractivity contribution in [3.05, 3.63) is 76.4 Å². The number of halogens is 1. The molecule has 1 aromatic carbocycles. The molecule has 0 fully saturated rings. The van der Waals surface area contributed by atoms with Crippen LogP contribution in [0, 0.1) is 0 Å². The summed E-state index contributed by atoms with van der Waals surface area (Å²) in [5.41, 5.74) is 0.401. The summed E-state index contributed by atoms with van der Waals surface area (Å²) in [5, 5.41) is 4.06. The number of benzene rings is 1. The molecule has 0 radical (unpaired) electrons.